The molecular weight excluding hydrogens is 352 g/mol. The molecule has 2 aromatic carbocycles. The zero-order valence-corrected chi connectivity index (χ0v) is 14.3. The lowest BCUT2D eigenvalue weighted by molar-refractivity contribution is -0.384. The molecule has 2 aromatic rings. The van der Waals surface area contributed by atoms with Crippen LogP contribution in [0, 0.1) is 10.1 Å². The van der Waals surface area contributed by atoms with E-state index >= 15 is 0 Å². The molecule has 0 heterocycles. The van der Waals surface area contributed by atoms with Crippen molar-refractivity contribution in [2.45, 2.75) is 19.4 Å². The van der Waals surface area contributed by atoms with Crippen molar-refractivity contribution in [1.82, 2.24) is 16.2 Å². The van der Waals surface area contributed by atoms with Crippen molar-refractivity contribution in [2.75, 3.05) is 0 Å². The summed E-state index contributed by atoms with van der Waals surface area (Å²) in [4.78, 5) is 45.4. The van der Waals surface area contributed by atoms with Gasteiger partial charge in [0.25, 0.3) is 11.6 Å². The molecule has 3 N–H and O–H groups in total. The Labute approximate surface area is 154 Å². The Morgan fingerprint density at radius 2 is 1.59 bits per heavy atom. The molecule has 27 heavy (non-hydrogen) atoms. The van der Waals surface area contributed by atoms with Crippen LogP contribution in [0.3, 0.4) is 0 Å². The first-order valence-corrected chi connectivity index (χ1v) is 8.10. The molecule has 0 spiro atoms. The summed E-state index contributed by atoms with van der Waals surface area (Å²) in [5, 5.41) is 13.4. The van der Waals surface area contributed by atoms with E-state index in [1.165, 1.54) is 18.2 Å². The highest BCUT2D eigenvalue weighted by Crippen LogP contribution is 2.12. The fraction of sp³-hybridized carbons (Fsp3) is 0.167. The van der Waals surface area contributed by atoms with Gasteiger partial charge in [-0.15, -0.1) is 0 Å². The van der Waals surface area contributed by atoms with Gasteiger partial charge in [0.2, 0.25) is 11.8 Å². The molecule has 0 aromatic heterocycles. The number of rotatable bonds is 7. The van der Waals surface area contributed by atoms with Crippen LogP contribution in [0.5, 0.6) is 0 Å². The summed E-state index contributed by atoms with van der Waals surface area (Å²) < 4.78 is 0. The van der Waals surface area contributed by atoms with E-state index in [9.17, 15) is 24.5 Å². The van der Waals surface area contributed by atoms with E-state index in [0.29, 0.717) is 6.54 Å². The molecule has 0 saturated carbocycles. The summed E-state index contributed by atoms with van der Waals surface area (Å²) in [7, 11) is 0. The Morgan fingerprint density at radius 1 is 0.889 bits per heavy atom. The number of nitro benzene ring substituents is 1. The van der Waals surface area contributed by atoms with Crippen molar-refractivity contribution < 1.29 is 19.3 Å². The molecule has 0 atom stereocenters. The molecular formula is C18H18N4O5. The zero-order valence-electron chi connectivity index (χ0n) is 14.3. The Bertz CT molecular complexity index is 839. The second-order valence-electron chi connectivity index (χ2n) is 5.57. The van der Waals surface area contributed by atoms with E-state index in [4.69, 9.17) is 0 Å². The Kier molecular flexibility index (Phi) is 7.00. The molecule has 0 fully saturated rings. The summed E-state index contributed by atoms with van der Waals surface area (Å²) in [5.41, 5.74) is 5.07. The van der Waals surface area contributed by atoms with Crippen LogP contribution in [-0.4, -0.2) is 22.6 Å². The van der Waals surface area contributed by atoms with Crippen molar-refractivity contribution in [3.05, 3.63) is 75.8 Å². The van der Waals surface area contributed by atoms with Crippen LogP contribution >= 0.6 is 0 Å². The summed E-state index contributed by atoms with van der Waals surface area (Å²) in [6.45, 7) is 0.366. The highest BCUT2D eigenvalue weighted by atomic mass is 16.6. The summed E-state index contributed by atoms with van der Waals surface area (Å²) in [6, 6.07) is 14.4. The van der Waals surface area contributed by atoms with Gasteiger partial charge in [-0.05, 0) is 11.6 Å². The second kappa shape index (κ2) is 9.66. The molecule has 2 rings (SSSR count). The number of hydrogen-bond donors (Lipinski definition) is 3. The Balaban J connectivity index is 1.71. The first-order valence-electron chi connectivity index (χ1n) is 8.10. The quantitative estimate of drug-likeness (QED) is 0.502. The van der Waals surface area contributed by atoms with Crippen LogP contribution in [0.15, 0.2) is 54.6 Å². The number of amides is 3. The summed E-state index contributed by atoms with van der Waals surface area (Å²) in [5.74, 6) is -1.54. The van der Waals surface area contributed by atoms with Gasteiger partial charge in [0.05, 0.1) is 4.92 Å². The molecule has 9 nitrogen and oxygen atoms in total. The van der Waals surface area contributed by atoms with Crippen molar-refractivity contribution in [3.63, 3.8) is 0 Å². The Hall–Kier alpha value is -3.75. The average Bonchev–Trinajstić information content (AvgIpc) is 2.69. The van der Waals surface area contributed by atoms with E-state index in [2.05, 4.69) is 16.2 Å². The molecule has 9 heteroatoms. The molecule has 0 aliphatic heterocycles. The van der Waals surface area contributed by atoms with Crippen LogP contribution in [0.25, 0.3) is 0 Å². The first-order chi connectivity index (χ1) is 13.0. The molecule has 0 unspecified atom stereocenters. The minimum absolute atomic E-state index is 0.0325. The van der Waals surface area contributed by atoms with Gasteiger partial charge >= 0.3 is 0 Å². The number of benzene rings is 2. The maximum absolute atomic E-state index is 11.9. The number of nitro groups is 1. The fourth-order valence-electron chi connectivity index (χ4n) is 2.13. The monoisotopic (exact) mass is 370 g/mol. The van der Waals surface area contributed by atoms with Crippen molar-refractivity contribution >= 4 is 23.4 Å². The fourth-order valence-corrected chi connectivity index (χ4v) is 2.13. The summed E-state index contributed by atoms with van der Waals surface area (Å²) in [6.07, 6.45) is -0.152. The highest BCUT2D eigenvalue weighted by Gasteiger charge is 2.12. The highest BCUT2D eigenvalue weighted by molar-refractivity contribution is 5.96. The molecule has 0 saturated heterocycles. The van der Waals surface area contributed by atoms with Gasteiger partial charge in [-0.25, -0.2) is 0 Å². The number of hydrazine groups is 1. The van der Waals surface area contributed by atoms with Crippen LogP contribution < -0.4 is 16.2 Å². The van der Waals surface area contributed by atoms with E-state index in [0.717, 1.165) is 11.6 Å². The SMILES string of the molecule is O=C(CCC(=O)NNC(=O)c1cccc([N+](=O)[O-])c1)NCc1ccccc1. The molecule has 140 valence electrons. The Morgan fingerprint density at radius 3 is 2.30 bits per heavy atom. The lowest BCUT2D eigenvalue weighted by Gasteiger charge is -2.08. The zero-order chi connectivity index (χ0) is 19.6. The van der Waals surface area contributed by atoms with Crippen LogP contribution in [-0.2, 0) is 16.1 Å². The molecule has 0 aliphatic rings. The maximum Gasteiger partial charge on any atom is 0.270 e. The lowest BCUT2D eigenvalue weighted by atomic mass is 10.2. The van der Waals surface area contributed by atoms with Crippen LogP contribution in [0.1, 0.15) is 28.8 Å². The van der Waals surface area contributed by atoms with E-state index < -0.39 is 16.7 Å². The van der Waals surface area contributed by atoms with Crippen molar-refractivity contribution in [3.8, 4) is 0 Å². The van der Waals surface area contributed by atoms with Gasteiger partial charge in [-0.2, -0.15) is 0 Å². The number of carbonyl (C=O) groups excluding carboxylic acids is 3. The third-order valence-electron chi connectivity index (χ3n) is 3.55. The smallest absolute Gasteiger partial charge is 0.270 e. The van der Waals surface area contributed by atoms with Crippen molar-refractivity contribution in [1.29, 1.82) is 0 Å². The van der Waals surface area contributed by atoms with Gasteiger partial charge in [0, 0.05) is 37.1 Å². The van der Waals surface area contributed by atoms with Gasteiger partial charge in [-0.3, -0.25) is 35.3 Å². The lowest BCUT2D eigenvalue weighted by Crippen LogP contribution is -2.42. The standard InChI is InChI=1S/C18H18N4O5/c23-16(19-12-13-5-2-1-3-6-13)9-10-17(24)20-21-18(25)14-7-4-8-15(11-14)22(26)27/h1-8,11H,9-10,12H2,(H,19,23)(H,20,24)(H,21,25). The molecule has 0 radical (unpaired) electrons. The number of hydrogen-bond acceptors (Lipinski definition) is 5. The van der Waals surface area contributed by atoms with Crippen LogP contribution in [0.4, 0.5) is 5.69 Å². The van der Waals surface area contributed by atoms with Gasteiger partial charge in [0.1, 0.15) is 0 Å². The third kappa shape index (κ3) is 6.58. The van der Waals surface area contributed by atoms with Crippen molar-refractivity contribution in [2.24, 2.45) is 0 Å². The minimum Gasteiger partial charge on any atom is -0.352 e. The number of carbonyl (C=O) groups is 3. The predicted molar refractivity (Wildman–Crippen MR) is 96.2 cm³/mol. The minimum atomic E-state index is -0.694. The van der Waals surface area contributed by atoms with Gasteiger partial charge < -0.3 is 5.32 Å². The number of nitrogens with zero attached hydrogens (tertiary/aromatic N) is 1. The van der Waals surface area contributed by atoms with Gasteiger partial charge in [-0.1, -0.05) is 36.4 Å². The third-order valence-corrected chi connectivity index (χ3v) is 3.55. The maximum atomic E-state index is 11.9. The molecule has 3 amide bonds. The van der Waals surface area contributed by atoms with E-state index in [-0.39, 0.29) is 30.0 Å². The number of non-ortho nitro benzene ring substituents is 1. The second-order valence-corrected chi connectivity index (χ2v) is 5.57. The molecule has 0 bridgehead atoms. The summed E-state index contributed by atoms with van der Waals surface area (Å²) >= 11 is 0. The average molecular weight is 370 g/mol. The number of nitrogens with one attached hydrogen (secondary N) is 3. The normalized spacial score (nSPS) is 9.93. The molecule has 0 aliphatic carbocycles. The largest absolute Gasteiger partial charge is 0.352 e. The first kappa shape index (κ1) is 19.6. The predicted octanol–water partition coefficient (Wildman–Crippen LogP) is 1.45. The van der Waals surface area contributed by atoms with E-state index in [1.807, 2.05) is 30.3 Å². The van der Waals surface area contributed by atoms with Crippen LogP contribution in [0.2, 0.25) is 0 Å². The van der Waals surface area contributed by atoms with Gasteiger partial charge in [0.15, 0.2) is 0 Å². The topological polar surface area (TPSA) is 130 Å². The van der Waals surface area contributed by atoms with E-state index in [1.54, 1.807) is 0 Å².